The van der Waals surface area contributed by atoms with Crippen LogP contribution in [-0.2, 0) is 14.3 Å². The van der Waals surface area contributed by atoms with Gasteiger partial charge < -0.3 is 9.64 Å². The van der Waals surface area contributed by atoms with E-state index in [-0.39, 0.29) is 11.9 Å². The Morgan fingerprint density at radius 1 is 1.29 bits per heavy atom. The van der Waals surface area contributed by atoms with Crippen molar-refractivity contribution in [2.75, 3.05) is 31.3 Å². The largest absolute Gasteiger partial charge is 0.466 e. The molecule has 1 aromatic carbocycles. The quantitative estimate of drug-likeness (QED) is 0.638. The van der Waals surface area contributed by atoms with E-state index in [1.165, 1.54) is 4.90 Å². The van der Waals surface area contributed by atoms with E-state index in [4.69, 9.17) is 4.74 Å². The summed E-state index contributed by atoms with van der Waals surface area (Å²) < 4.78 is 5.08. The highest BCUT2D eigenvalue weighted by molar-refractivity contribution is 6.52. The Morgan fingerprint density at radius 2 is 2.00 bits per heavy atom. The van der Waals surface area contributed by atoms with Gasteiger partial charge in [0.15, 0.2) is 6.67 Å². The lowest BCUT2D eigenvalue weighted by molar-refractivity contribution is -0.904. The van der Waals surface area contributed by atoms with E-state index in [0.29, 0.717) is 24.5 Å². The first-order valence-electron chi connectivity index (χ1n) is 8.48. The lowest BCUT2D eigenvalue weighted by Crippen LogP contribution is -3.14. The summed E-state index contributed by atoms with van der Waals surface area (Å²) >= 11 is 0. The van der Waals surface area contributed by atoms with Crippen LogP contribution in [-0.4, -0.2) is 44.0 Å². The SMILES string of the molecule is CCOC(=O)C1CC[NH+](CN2C(=O)C(=O)c3cc(C)ccc32)CC1. The number of quaternary nitrogens is 1. The van der Waals surface area contributed by atoms with Crippen molar-refractivity contribution in [3.8, 4) is 0 Å². The number of carbonyl (C=O) groups excluding carboxylic acids is 3. The number of rotatable bonds is 4. The van der Waals surface area contributed by atoms with Gasteiger partial charge in [0, 0.05) is 12.8 Å². The number of ketones is 1. The predicted octanol–water partition coefficient (Wildman–Crippen LogP) is 0.340. The van der Waals surface area contributed by atoms with E-state index >= 15 is 0 Å². The van der Waals surface area contributed by atoms with Gasteiger partial charge >= 0.3 is 11.9 Å². The Kier molecular flexibility index (Phi) is 4.66. The second kappa shape index (κ2) is 6.73. The van der Waals surface area contributed by atoms with Gasteiger partial charge in [-0.3, -0.25) is 19.3 Å². The molecule has 0 spiro atoms. The Labute approximate surface area is 141 Å². The number of benzene rings is 1. The van der Waals surface area contributed by atoms with Gasteiger partial charge in [0.05, 0.1) is 36.9 Å². The summed E-state index contributed by atoms with van der Waals surface area (Å²) in [5.74, 6) is -1.03. The maximum atomic E-state index is 12.3. The van der Waals surface area contributed by atoms with E-state index in [1.54, 1.807) is 11.0 Å². The molecule has 128 valence electrons. The van der Waals surface area contributed by atoms with Gasteiger partial charge in [0.25, 0.3) is 5.78 Å². The standard InChI is InChI=1S/C18H22N2O4/c1-3-24-18(23)13-6-8-19(9-7-13)11-20-15-5-4-12(2)10-14(15)16(21)17(20)22/h4-5,10,13H,3,6-9,11H2,1-2H3/p+1. The van der Waals surface area contributed by atoms with Crippen molar-refractivity contribution in [1.29, 1.82) is 0 Å². The van der Waals surface area contributed by atoms with Crippen LogP contribution < -0.4 is 9.80 Å². The number of likely N-dealkylation sites (tertiary alicyclic amines) is 1. The zero-order valence-electron chi connectivity index (χ0n) is 14.1. The average Bonchev–Trinajstić information content (AvgIpc) is 2.80. The molecular weight excluding hydrogens is 308 g/mol. The van der Waals surface area contributed by atoms with Crippen LogP contribution in [0, 0.1) is 12.8 Å². The first-order chi connectivity index (χ1) is 11.5. The molecule has 0 aromatic heterocycles. The molecule has 6 heteroatoms. The van der Waals surface area contributed by atoms with Gasteiger partial charge in [-0.2, -0.15) is 0 Å². The Balaban J connectivity index is 1.65. The number of anilines is 1. The van der Waals surface area contributed by atoms with Crippen LogP contribution in [0.4, 0.5) is 5.69 Å². The number of hydrogen-bond donors (Lipinski definition) is 1. The molecule has 2 aliphatic rings. The van der Waals surface area contributed by atoms with E-state index in [1.807, 2.05) is 26.0 Å². The molecular formula is C18H23N2O4+. The highest BCUT2D eigenvalue weighted by atomic mass is 16.5. The van der Waals surface area contributed by atoms with Gasteiger partial charge in [0.2, 0.25) is 0 Å². The summed E-state index contributed by atoms with van der Waals surface area (Å²) in [6.07, 6.45) is 1.51. The van der Waals surface area contributed by atoms with Crippen molar-refractivity contribution >= 4 is 23.3 Å². The second-order valence-electron chi connectivity index (χ2n) is 6.52. The molecule has 6 nitrogen and oxygen atoms in total. The van der Waals surface area contributed by atoms with E-state index in [9.17, 15) is 14.4 Å². The minimum absolute atomic E-state index is 0.0421. The number of amides is 1. The molecule has 1 amide bonds. The van der Waals surface area contributed by atoms with Crippen LogP contribution in [0.1, 0.15) is 35.7 Å². The van der Waals surface area contributed by atoms with Crippen molar-refractivity contribution < 1.29 is 24.0 Å². The molecule has 0 radical (unpaired) electrons. The Bertz CT molecular complexity index is 678. The molecule has 24 heavy (non-hydrogen) atoms. The third-order valence-corrected chi connectivity index (χ3v) is 4.82. The Hall–Kier alpha value is -2.21. The summed E-state index contributed by atoms with van der Waals surface area (Å²) in [4.78, 5) is 39.0. The molecule has 1 aromatic rings. The number of hydrogen-bond acceptors (Lipinski definition) is 4. The normalized spacial score (nSPS) is 23.3. The van der Waals surface area contributed by atoms with Gasteiger partial charge in [-0.05, 0) is 26.0 Å². The van der Waals surface area contributed by atoms with Crippen LogP contribution in [0.25, 0.3) is 0 Å². The number of fused-ring (bicyclic) bond motifs is 1. The van der Waals surface area contributed by atoms with Crippen molar-refractivity contribution in [3.63, 3.8) is 0 Å². The number of nitrogens with zero attached hydrogens (tertiary/aromatic N) is 1. The zero-order chi connectivity index (χ0) is 17.3. The molecule has 1 N–H and O–H groups in total. The first kappa shape index (κ1) is 16.6. The predicted molar refractivity (Wildman–Crippen MR) is 87.9 cm³/mol. The first-order valence-corrected chi connectivity index (χ1v) is 8.48. The summed E-state index contributed by atoms with van der Waals surface area (Å²) in [6, 6.07) is 5.54. The van der Waals surface area contributed by atoms with Crippen LogP contribution in [0.15, 0.2) is 18.2 Å². The molecule has 0 atom stereocenters. The van der Waals surface area contributed by atoms with Crippen molar-refractivity contribution in [2.24, 2.45) is 5.92 Å². The van der Waals surface area contributed by atoms with Crippen molar-refractivity contribution in [1.82, 2.24) is 0 Å². The highest BCUT2D eigenvalue weighted by Crippen LogP contribution is 2.28. The minimum atomic E-state index is -0.449. The molecule has 3 rings (SSSR count). The van der Waals surface area contributed by atoms with E-state index in [0.717, 1.165) is 31.5 Å². The third-order valence-electron chi connectivity index (χ3n) is 4.82. The molecule has 0 unspecified atom stereocenters. The van der Waals surface area contributed by atoms with Crippen LogP contribution >= 0.6 is 0 Å². The van der Waals surface area contributed by atoms with Crippen LogP contribution in [0.5, 0.6) is 0 Å². The third kappa shape index (κ3) is 3.06. The number of aryl methyl sites for hydroxylation is 1. The van der Waals surface area contributed by atoms with Crippen LogP contribution in [0.2, 0.25) is 0 Å². The smallest absolute Gasteiger partial charge is 0.309 e. The molecule has 2 aliphatic heterocycles. The number of ether oxygens (including phenoxy) is 1. The monoisotopic (exact) mass is 331 g/mol. The number of nitrogens with one attached hydrogen (secondary N) is 1. The molecule has 1 saturated heterocycles. The lowest BCUT2D eigenvalue weighted by Gasteiger charge is -2.30. The van der Waals surface area contributed by atoms with Crippen molar-refractivity contribution in [2.45, 2.75) is 26.7 Å². The summed E-state index contributed by atoms with van der Waals surface area (Å²) in [6.45, 7) is 6.19. The van der Waals surface area contributed by atoms with Crippen molar-refractivity contribution in [3.05, 3.63) is 29.3 Å². The van der Waals surface area contributed by atoms with Gasteiger partial charge in [-0.25, -0.2) is 0 Å². The van der Waals surface area contributed by atoms with Gasteiger partial charge in [-0.15, -0.1) is 0 Å². The van der Waals surface area contributed by atoms with Gasteiger partial charge in [0.1, 0.15) is 0 Å². The maximum absolute atomic E-state index is 12.3. The fourth-order valence-electron chi connectivity index (χ4n) is 3.47. The van der Waals surface area contributed by atoms with Gasteiger partial charge in [-0.1, -0.05) is 11.6 Å². The number of carbonyl (C=O) groups is 3. The molecule has 0 aliphatic carbocycles. The van der Waals surface area contributed by atoms with E-state index < -0.39 is 11.7 Å². The summed E-state index contributed by atoms with van der Waals surface area (Å²) in [5.41, 5.74) is 2.18. The fourth-order valence-corrected chi connectivity index (χ4v) is 3.47. The van der Waals surface area contributed by atoms with E-state index in [2.05, 4.69) is 0 Å². The maximum Gasteiger partial charge on any atom is 0.309 e. The number of piperidine rings is 1. The Morgan fingerprint density at radius 3 is 2.67 bits per heavy atom. The number of esters is 1. The summed E-state index contributed by atoms with van der Waals surface area (Å²) in [5, 5.41) is 0. The number of Topliss-reactive ketones (excluding diaryl/α,β-unsaturated/α-hetero) is 1. The molecule has 0 bridgehead atoms. The molecule has 1 fully saturated rings. The average molecular weight is 331 g/mol. The second-order valence-corrected chi connectivity index (χ2v) is 6.52. The lowest BCUT2D eigenvalue weighted by atomic mass is 9.97. The zero-order valence-corrected chi connectivity index (χ0v) is 14.1. The fraction of sp³-hybridized carbons (Fsp3) is 0.500. The molecule has 2 heterocycles. The summed E-state index contributed by atoms with van der Waals surface area (Å²) in [7, 11) is 0. The topological polar surface area (TPSA) is 68.1 Å². The highest BCUT2D eigenvalue weighted by Gasteiger charge is 2.39. The molecule has 0 saturated carbocycles. The minimum Gasteiger partial charge on any atom is -0.466 e. The van der Waals surface area contributed by atoms with Crippen LogP contribution in [0.3, 0.4) is 0 Å².